The van der Waals surface area contributed by atoms with E-state index in [1.165, 1.54) is 0 Å². The molecular formula is C11H21NO2. The number of unbranched alkanes of at least 4 members (excludes halogenated alkanes) is 1. The lowest BCUT2D eigenvalue weighted by molar-refractivity contribution is -0.142. The molecule has 14 heavy (non-hydrogen) atoms. The summed E-state index contributed by atoms with van der Waals surface area (Å²) in [7, 11) is 0. The Morgan fingerprint density at radius 3 is 2.93 bits per heavy atom. The van der Waals surface area contributed by atoms with Crippen molar-refractivity contribution in [2.75, 3.05) is 19.7 Å². The van der Waals surface area contributed by atoms with E-state index in [1.54, 1.807) is 0 Å². The Bertz CT molecular complexity index is 167. The lowest BCUT2D eigenvalue weighted by Gasteiger charge is -2.04. The molecule has 0 saturated heterocycles. The Morgan fingerprint density at radius 2 is 2.29 bits per heavy atom. The van der Waals surface area contributed by atoms with Crippen molar-refractivity contribution in [1.29, 1.82) is 0 Å². The molecule has 0 aromatic carbocycles. The molecule has 0 aromatic rings. The molecule has 0 amide bonds. The minimum atomic E-state index is -0.154. The second kappa shape index (κ2) is 10.3. The van der Waals surface area contributed by atoms with Crippen LogP contribution in [0, 0.1) is 0 Å². The molecule has 0 fully saturated rings. The number of ether oxygens (including phenoxy) is 1. The van der Waals surface area contributed by atoms with Gasteiger partial charge in [-0.2, -0.15) is 0 Å². The lowest BCUT2D eigenvalue weighted by atomic mass is 10.4. The SMILES string of the molecule is C/C=C/CCNCC(=O)OCCCC. The number of rotatable bonds is 8. The number of carbonyl (C=O) groups is 1. The third-order valence-corrected chi connectivity index (χ3v) is 1.75. The first kappa shape index (κ1) is 13.2. The average Bonchev–Trinajstić information content (AvgIpc) is 2.18. The van der Waals surface area contributed by atoms with Crippen LogP contribution in [0.25, 0.3) is 0 Å². The highest BCUT2D eigenvalue weighted by molar-refractivity contribution is 5.71. The summed E-state index contributed by atoms with van der Waals surface area (Å²) in [6, 6.07) is 0. The number of carbonyl (C=O) groups excluding carboxylic acids is 1. The van der Waals surface area contributed by atoms with E-state index in [4.69, 9.17) is 4.74 Å². The molecule has 3 nitrogen and oxygen atoms in total. The van der Waals surface area contributed by atoms with Crippen molar-refractivity contribution in [3.05, 3.63) is 12.2 Å². The van der Waals surface area contributed by atoms with Crippen LogP contribution in [0.5, 0.6) is 0 Å². The van der Waals surface area contributed by atoms with Crippen molar-refractivity contribution in [2.24, 2.45) is 0 Å². The van der Waals surface area contributed by atoms with Crippen LogP contribution in [-0.4, -0.2) is 25.7 Å². The monoisotopic (exact) mass is 199 g/mol. The largest absolute Gasteiger partial charge is 0.465 e. The topological polar surface area (TPSA) is 38.3 Å². The van der Waals surface area contributed by atoms with E-state index in [9.17, 15) is 4.79 Å². The molecule has 0 aromatic heterocycles. The van der Waals surface area contributed by atoms with Gasteiger partial charge in [-0.3, -0.25) is 4.79 Å². The normalized spacial score (nSPS) is 10.7. The zero-order valence-corrected chi connectivity index (χ0v) is 9.21. The smallest absolute Gasteiger partial charge is 0.319 e. The van der Waals surface area contributed by atoms with Crippen molar-refractivity contribution in [1.82, 2.24) is 5.32 Å². The number of allylic oxidation sites excluding steroid dienone is 1. The zero-order chi connectivity index (χ0) is 10.6. The summed E-state index contributed by atoms with van der Waals surface area (Å²) in [5.74, 6) is -0.154. The maximum atomic E-state index is 11.0. The summed E-state index contributed by atoms with van der Waals surface area (Å²) in [6.07, 6.45) is 7.03. The van der Waals surface area contributed by atoms with Crippen LogP contribution >= 0.6 is 0 Å². The van der Waals surface area contributed by atoms with E-state index in [0.29, 0.717) is 13.2 Å². The third-order valence-electron chi connectivity index (χ3n) is 1.75. The van der Waals surface area contributed by atoms with Crippen LogP contribution in [0.3, 0.4) is 0 Å². The number of hydrogen-bond acceptors (Lipinski definition) is 3. The quantitative estimate of drug-likeness (QED) is 0.368. The molecule has 0 heterocycles. The average molecular weight is 199 g/mol. The first-order chi connectivity index (χ1) is 6.81. The molecule has 0 unspecified atom stereocenters. The van der Waals surface area contributed by atoms with Crippen molar-refractivity contribution >= 4 is 5.97 Å². The Balaban J connectivity index is 3.18. The highest BCUT2D eigenvalue weighted by Gasteiger charge is 1.99. The Labute approximate surface area is 86.5 Å². The van der Waals surface area contributed by atoms with Crippen LogP contribution < -0.4 is 5.32 Å². The molecule has 0 radical (unpaired) electrons. The van der Waals surface area contributed by atoms with Gasteiger partial charge in [-0.25, -0.2) is 0 Å². The first-order valence-electron chi connectivity index (χ1n) is 5.28. The van der Waals surface area contributed by atoms with E-state index in [2.05, 4.69) is 18.3 Å². The number of hydrogen-bond donors (Lipinski definition) is 1. The molecule has 0 aliphatic carbocycles. The highest BCUT2D eigenvalue weighted by atomic mass is 16.5. The second-order valence-corrected chi connectivity index (χ2v) is 3.11. The van der Waals surface area contributed by atoms with Gasteiger partial charge in [-0.05, 0) is 26.3 Å². The highest BCUT2D eigenvalue weighted by Crippen LogP contribution is 1.88. The molecule has 0 saturated carbocycles. The molecule has 0 aliphatic rings. The van der Waals surface area contributed by atoms with Crippen molar-refractivity contribution < 1.29 is 9.53 Å². The van der Waals surface area contributed by atoms with Gasteiger partial charge in [-0.1, -0.05) is 25.5 Å². The first-order valence-corrected chi connectivity index (χ1v) is 5.28. The summed E-state index contributed by atoms with van der Waals surface area (Å²) < 4.78 is 4.97. The molecular weight excluding hydrogens is 178 g/mol. The molecule has 0 atom stereocenters. The van der Waals surface area contributed by atoms with Gasteiger partial charge in [0.2, 0.25) is 0 Å². The molecule has 82 valence electrons. The minimum absolute atomic E-state index is 0.154. The zero-order valence-electron chi connectivity index (χ0n) is 9.21. The minimum Gasteiger partial charge on any atom is -0.465 e. The van der Waals surface area contributed by atoms with Gasteiger partial charge in [0.05, 0.1) is 13.2 Å². The predicted octanol–water partition coefficient (Wildman–Crippen LogP) is 1.89. The van der Waals surface area contributed by atoms with E-state index in [1.807, 2.05) is 13.0 Å². The van der Waals surface area contributed by atoms with Gasteiger partial charge in [0.25, 0.3) is 0 Å². The standard InChI is InChI=1S/C11H21NO2/c1-3-5-7-8-12-10-11(13)14-9-6-4-2/h3,5,12H,4,6-10H2,1-2H3/b5-3+. The second-order valence-electron chi connectivity index (χ2n) is 3.11. The molecule has 0 rings (SSSR count). The summed E-state index contributed by atoms with van der Waals surface area (Å²) in [4.78, 5) is 11.0. The Kier molecular flexibility index (Phi) is 9.64. The lowest BCUT2D eigenvalue weighted by Crippen LogP contribution is -2.25. The van der Waals surface area contributed by atoms with Crippen LogP contribution in [0.4, 0.5) is 0 Å². The predicted molar refractivity (Wildman–Crippen MR) is 58.2 cm³/mol. The summed E-state index contributed by atoms with van der Waals surface area (Å²) >= 11 is 0. The van der Waals surface area contributed by atoms with E-state index >= 15 is 0 Å². The van der Waals surface area contributed by atoms with Gasteiger partial charge < -0.3 is 10.1 Å². The number of nitrogens with one attached hydrogen (secondary N) is 1. The molecule has 1 N–H and O–H groups in total. The maximum Gasteiger partial charge on any atom is 0.319 e. The van der Waals surface area contributed by atoms with Crippen LogP contribution in [0.15, 0.2) is 12.2 Å². The fraction of sp³-hybridized carbons (Fsp3) is 0.727. The maximum absolute atomic E-state index is 11.0. The van der Waals surface area contributed by atoms with Crippen LogP contribution in [0.2, 0.25) is 0 Å². The van der Waals surface area contributed by atoms with Gasteiger partial charge in [0, 0.05) is 0 Å². The van der Waals surface area contributed by atoms with Crippen LogP contribution in [0.1, 0.15) is 33.1 Å². The van der Waals surface area contributed by atoms with Crippen molar-refractivity contribution in [3.8, 4) is 0 Å². The van der Waals surface area contributed by atoms with E-state index in [-0.39, 0.29) is 5.97 Å². The molecule has 0 bridgehead atoms. The molecule has 3 heteroatoms. The van der Waals surface area contributed by atoms with Gasteiger partial charge >= 0.3 is 5.97 Å². The summed E-state index contributed by atoms with van der Waals surface area (Å²) in [6.45, 7) is 5.75. The van der Waals surface area contributed by atoms with Gasteiger partial charge in [0.1, 0.15) is 0 Å². The number of esters is 1. The summed E-state index contributed by atoms with van der Waals surface area (Å²) in [5, 5.41) is 3.02. The summed E-state index contributed by atoms with van der Waals surface area (Å²) in [5.41, 5.74) is 0. The van der Waals surface area contributed by atoms with E-state index < -0.39 is 0 Å². The van der Waals surface area contributed by atoms with Crippen molar-refractivity contribution in [2.45, 2.75) is 33.1 Å². The molecule has 0 spiro atoms. The fourth-order valence-corrected chi connectivity index (χ4v) is 0.924. The van der Waals surface area contributed by atoms with Crippen molar-refractivity contribution in [3.63, 3.8) is 0 Å². The van der Waals surface area contributed by atoms with Gasteiger partial charge in [-0.15, -0.1) is 0 Å². The van der Waals surface area contributed by atoms with E-state index in [0.717, 1.165) is 25.8 Å². The van der Waals surface area contributed by atoms with Crippen LogP contribution in [-0.2, 0) is 9.53 Å². The Hall–Kier alpha value is -0.830. The van der Waals surface area contributed by atoms with Gasteiger partial charge in [0.15, 0.2) is 0 Å². The Morgan fingerprint density at radius 1 is 1.50 bits per heavy atom. The molecule has 0 aliphatic heterocycles. The fourth-order valence-electron chi connectivity index (χ4n) is 0.924. The third kappa shape index (κ3) is 9.26.